The number of ether oxygens (including phenoxy) is 1. The van der Waals surface area contributed by atoms with E-state index in [2.05, 4.69) is 0 Å². The Morgan fingerprint density at radius 1 is 1.24 bits per heavy atom. The summed E-state index contributed by atoms with van der Waals surface area (Å²) in [5.41, 5.74) is 0. The van der Waals surface area contributed by atoms with E-state index >= 15 is 0 Å². The summed E-state index contributed by atoms with van der Waals surface area (Å²) in [6.07, 6.45) is 1.53. The van der Waals surface area contributed by atoms with Gasteiger partial charge in [0.05, 0.1) is 18.8 Å². The molecular formula is C13H13FO3. The van der Waals surface area contributed by atoms with Crippen molar-refractivity contribution in [3.63, 3.8) is 0 Å². The highest BCUT2D eigenvalue weighted by Crippen LogP contribution is 2.20. The van der Waals surface area contributed by atoms with E-state index in [1.807, 2.05) is 0 Å². The van der Waals surface area contributed by atoms with Crippen LogP contribution in [0.25, 0.3) is 0 Å². The number of hydrogen-bond acceptors (Lipinski definition) is 3. The lowest BCUT2D eigenvalue weighted by Crippen LogP contribution is -2.14. The van der Waals surface area contributed by atoms with Crippen LogP contribution < -0.4 is 4.74 Å². The predicted octanol–water partition coefficient (Wildman–Crippen LogP) is 2.57. The number of aliphatic hydroxyl groups is 1. The zero-order chi connectivity index (χ0) is 12.1. The van der Waals surface area contributed by atoms with Crippen LogP contribution in [0.2, 0.25) is 0 Å². The maximum atomic E-state index is 13.3. The van der Waals surface area contributed by atoms with Gasteiger partial charge in [0.2, 0.25) is 0 Å². The fraction of sp³-hybridized carbons (Fsp3) is 0.231. The summed E-state index contributed by atoms with van der Waals surface area (Å²) in [4.78, 5) is 0. The molecule has 1 heterocycles. The monoisotopic (exact) mass is 236 g/mol. The van der Waals surface area contributed by atoms with Crippen molar-refractivity contribution in [2.75, 3.05) is 13.2 Å². The van der Waals surface area contributed by atoms with Crippen molar-refractivity contribution in [3.05, 3.63) is 54.2 Å². The molecular weight excluding hydrogens is 223 g/mol. The van der Waals surface area contributed by atoms with E-state index < -0.39 is 5.82 Å². The summed E-state index contributed by atoms with van der Waals surface area (Å²) in [7, 11) is 0. The number of furan rings is 1. The molecule has 1 atom stereocenters. The first-order valence-corrected chi connectivity index (χ1v) is 5.33. The average Bonchev–Trinajstić information content (AvgIpc) is 2.86. The maximum Gasteiger partial charge on any atom is 0.165 e. The van der Waals surface area contributed by atoms with Gasteiger partial charge in [0.1, 0.15) is 12.4 Å². The molecule has 0 bridgehead atoms. The quantitative estimate of drug-likeness (QED) is 0.867. The number of halogens is 1. The third kappa shape index (κ3) is 2.85. The van der Waals surface area contributed by atoms with E-state index in [-0.39, 0.29) is 24.9 Å². The smallest absolute Gasteiger partial charge is 0.165 e. The van der Waals surface area contributed by atoms with Crippen LogP contribution in [0.15, 0.2) is 47.1 Å². The summed E-state index contributed by atoms with van der Waals surface area (Å²) in [5.74, 6) is 0.106. The lowest BCUT2D eigenvalue weighted by molar-refractivity contribution is 0.186. The molecule has 0 aliphatic heterocycles. The van der Waals surface area contributed by atoms with Crippen molar-refractivity contribution >= 4 is 0 Å². The van der Waals surface area contributed by atoms with Gasteiger partial charge in [0.25, 0.3) is 0 Å². The highest BCUT2D eigenvalue weighted by atomic mass is 19.1. The molecule has 0 spiro atoms. The maximum absolute atomic E-state index is 13.3. The van der Waals surface area contributed by atoms with Crippen LogP contribution in [0.4, 0.5) is 4.39 Å². The summed E-state index contributed by atoms with van der Waals surface area (Å²) in [6, 6.07) is 9.66. The highest BCUT2D eigenvalue weighted by molar-refractivity contribution is 5.23. The Morgan fingerprint density at radius 2 is 2.06 bits per heavy atom. The van der Waals surface area contributed by atoms with Gasteiger partial charge in [0, 0.05) is 0 Å². The zero-order valence-corrected chi connectivity index (χ0v) is 9.17. The van der Waals surface area contributed by atoms with Crippen LogP contribution in [0.5, 0.6) is 5.75 Å². The van der Waals surface area contributed by atoms with Crippen molar-refractivity contribution < 1.29 is 18.7 Å². The van der Waals surface area contributed by atoms with Crippen molar-refractivity contribution in [1.82, 2.24) is 0 Å². The van der Waals surface area contributed by atoms with Crippen LogP contribution >= 0.6 is 0 Å². The first-order valence-electron chi connectivity index (χ1n) is 5.33. The standard InChI is InChI=1S/C13H13FO3/c14-11-4-1-2-5-13(11)17-9-10(8-15)12-6-3-7-16-12/h1-7,10,15H,8-9H2. The van der Waals surface area contributed by atoms with E-state index in [1.165, 1.54) is 12.3 Å². The molecule has 3 nitrogen and oxygen atoms in total. The van der Waals surface area contributed by atoms with E-state index in [0.29, 0.717) is 5.76 Å². The van der Waals surface area contributed by atoms with Gasteiger partial charge in [-0.2, -0.15) is 0 Å². The molecule has 1 aromatic carbocycles. The number of para-hydroxylation sites is 1. The fourth-order valence-corrected chi connectivity index (χ4v) is 1.50. The Labute approximate surface area is 98.5 Å². The Kier molecular flexibility index (Phi) is 3.77. The number of hydrogen-bond donors (Lipinski definition) is 1. The lowest BCUT2D eigenvalue weighted by Gasteiger charge is -2.13. The van der Waals surface area contributed by atoms with E-state index in [1.54, 1.807) is 30.3 Å². The molecule has 0 aliphatic rings. The zero-order valence-electron chi connectivity index (χ0n) is 9.17. The molecule has 0 fully saturated rings. The molecule has 1 aromatic heterocycles. The lowest BCUT2D eigenvalue weighted by atomic mass is 10.1. The molecule has 1 N–H and O–H groups in total. The van der Waals surface area contributed by atoms with Gasteiger partial charge in [-0.25, -0.2) is 4.39 Å². The minimum Gasteiger partial charge on any atom is -0.490 e. The summed E-state index contributed by atoms with van der Waals surface area (Å²) in [6.45, 7) is 0.0624. The van der Waals surface area contributed by atoms with E-state index in [4.69, 9.17) is 9.15 Å². The van der Waals surface area contributed by atoms with E-state index in [0.717, 1.165) is 0 Å². The molecule has 1 unspecified atom stereocenters. The van der Waals surface area contributed by atoms with Crippen molar-refractivity contribution in [1.29, 1.82) is 0 Å². The molecule has 0 saturated carbocycles. The Balaban J connectivity index is 2.00. The molecule has 2 aromatic rings. The van der Waals surface area contributed by atoms with Crippen molar-refractivity contribution in [2.45, 2.75) is 5.92 Å². The van der Waals surface area contributed by atoms with Gasteiger partial charge in [0.15, 0.2) is 11.6 Å². The highest BCUT2D eigenvalue weighted by Gasteiger charge is 2.15. The Hall–Kier alpha value is -1.81. The van der Waals surface area contributed by atoms with Crippen LogP contribution in [-0.2, 0) is 0 Å². The van der Waals surface area contributed by atoms with Crippen molar-refractivity contribution in [3.8, 4) is 5.75 Å². The van der Waals surface area contributed by atoms with Crippen LogP contribution in [0.3, 0.4) is 0 Å². The average molecular weight is 236 g/mol. The Morgan fingerprint density at radius 3 is 2.71 bits per heavy atom. The minimum atomic E-state index is -0.413. The third-order valence-electron chi connectivity index (χ3n) is 2.44. The van der Waals surface area contributed by atoms with Gasteiger partial charge in [-0.1, -0.05) is 12.1 Å². The summed E-state index contributed by atoms with van der Waals surface area (Å²) >= 11 is 0. The molecule has 0 aliphatic carbocycles. The van der Waals surface area contributed by atoms with E-state index in [9.17, 15) is 9.50 Å². The van der Waals surface area contributed by atoms with Crippen LogP contribution in [-0.4, -0.2) is 18.3 Å². The number of aliphatic hydroxyl groups excluding tert-OH is 1. The third-order valence-corrected chi connectivity index (χ3v) is 2.44. The molecule has 0 amide bonds. The normalized spacial score (nSPS) is 12.4. The topological polar surface area (TPSA) is 42.6 Å². The Bertz CT molecular complexity index is 453. The van der Waals surface area contributed by atoms with Gasteiger partial charge in [-0.05, 0) is 24.3 Å². The SMILES string of the molecule is OCC(COc1ccccc1F)c1ccco1. The second kappa shape index (κ2) is 5.50. The number of rotatable bonds is 5. The molecule has 17 heavy (non-hydrogen) atoms. The van der Waals surface area contributed by atoms with Gasteiger partial charge in [-0.15, -0.1) is 0 Å². The number of benzene rings is 1. The summed E-state index contributed by atoms with van der Waals surface area (Å²) < 4.78 is 23.8. The van der Waals surface area contributed by atoms with Crippen molar-refractivity contribution in [2.24, 2.45) is 0 Å². The second-order valence-corrected chi connectivity index (χ2v) is 3.64. The summed E-state index contributed by atoms with van der Waals surface area (Å²) in [5, 5.41) is 9.21. The molecule has 90 valence electrons. The molecule has 2 rings (SSSR count). The van der Waals surface area contributed by atoms with Gasteiger partial charge >= 0.3 is 0 Å². The fourth-order valence-electron chi connectivity index (χ4n) is 1.50. The molecule has 0 saturated heterocycles. The van der Waals surface area contributed by atoms with Gasteiger partial charge in [-0.3, -0.25) is 0 Å². The van der Waals surface area contributed by atoms with Crippen LogP contribution in [0.1, 0.15) is 11.7 Å². The van der Waals surface area contributed by atoms with Crippen LogP contribution in [0, 0.1) is 5.82 Å². The predicted molar refractivity (Wildman–Crippen MR) is 60.4 cm³/mol. The first kappa shape index (κ1) is 11.7. The minimum absolute atomic E-state index is 0.109. The largest absolute Gasteiger partial charge is 0.490 e. The first-order chi connectivity index (χ1) is 8.31. The van der Waals surface area contributed by atoms with Gasteiger partial charge < -0.3 is 14.3 Å². The molecule has 4 heteroatoms. The second-order valence-electron chi connectivity index (χ2n) is 3.64. The molecule has 0 radical (unpaired) electrons.